The summed E-state index contributed by atoms with van der Waals surface area (Å²) in [6, 6.07) is 0. The standard InChI is InChI=1S/C11H17N3O2/c12-11(4-1-5-11)10-13-9(14-16-10)8-2-6-15-7-3-8/h8H,1-7,12H2. The van der Waals surface area contributed by atoms with E-state index < -0.39 is 0 Å². The van der Waals surface area contributed by atoms with E-state index >= 15 is 0 Å². The van der Waals surface area contributed by atoms with E-state index in [4.69, 9.17) is 15.0 Å². The van der Waals surface area contributed by atoms with Crippen molar-refractivity contribution in [3.8, 4) is 0 Å². The predicted octanol–water partition coefficient (Wildman–Crippen LogP) is 1.30. The maximum absolute atomic E-state index is 6.15. The summed E-state index contributed by atoms with van der Waals surface area (Å²) in [5, 5.41) is 4.07. The Labute approximate surface area is 94.3 Å². The van der Waals surface area contributed by atoms with Crippen LogP contribution < -0.4 is 5.73 Å². The smallest absolute Gasteiger partial charge is 0.246 e. The second-order valence-corrected chi connectivity index (χ2v) is 4.85. The van der Waals surface area contributed by atoms with E-state index in [1.807, 2.05) is 0 Å². The number of ether oxygens (including phenoxy) is 1. The third-order valence-corrected chi connectivity index (χ3v) is 3.70. The highest BCUT2D eigenvalue weighted by atomic mass is 16.5. The maximum Gasteiger partial charge on any atom is 0.246 e. The normalized spacial score (nSPS) is 25.3. The second kappa shape index (κ2) is 3.82. The molecule has 1 aliphatic heterocycles. The lowest BCUT2D eigenvalue weighted by atomic mass is 9.77. The summed E-state index contributed by atoms with van der Waals surface area (Å²) in [5.41, 5.74) is 5.81. The Bertz CT molecular complexity index is 367. The average molecular weight is 223 g/mol. The van der Waals surface area contributed by atoms with Crippen LogP contribution in [0.25, 0.3) is 0 Å². The number of rotatable bonds is 2. The van der Waals surface area contributed by atoms with Gasteiger partial charge in [0.1, 0.15) is 0 Å². The Morgan fingerprint density at radius 1 is 1.25 bits per heavy atom. The Morgan fingerprint density at radius 2 is 2.00 bits per heavy atom. The second-order valence-electron chi connectivity index (χ2n) is 4.85. The van der Waals surface area contributed by atoms with Gasteiger partial charge in [0.2, 0.25) is 5.89 Å². The highest BCUT2D eigenvalue weighted by molar-refractivity contribution is 5.08. The van der Waals surface area contributed by atoms with Crippen LogP contribution in [0.3, 0.4) is 0 Å². The third-order valence-electron chi connectivity index (χ3n) is 3.70. The SMILES string of the molecule is NC1(c2nc(C3CCOCC3)no2)CCC1. The molecule has 88 valence electrons. The van der Waals surface area contributed by atoms with Crippen molar-refractivity contribution in [1.82, 2.24) is 10.1 Å². The molecular weight excluding hydrogens is 206 g/mol. The molecule has 2 N–H and O–H groups in total. The van der Waals surface area contributed by atoms with Crippen molar-refractivity contribution in [3.05, 3.63) is 11.7 Å². The zero-order valence-corrected chi connectivity index (χ0v) is 9.32. The molecule has 0 atom stereocenters. The molecule has 5 heteroatoms. The summed E-state index contributed by atoms with van der Waals surface area (Å²) in [6.45, 7) is 1.59. The van der Waals surface area contributed by atoms with Crippen LogP contribution in [0.2, 0.25) is 0 Å². The summed E-state index contributed by atoms with van der Waals surface area (Å²) in [7, 11) is 0. The van der Waals surface area contributed by atoms with Crippen LogP contribution in [0.5, 0.6) is 0 Å². The molecule has 2 heterocycles. The largest absolute Gasteiger partial charge is 0.381 e. The topological polar surface area (TPSA) is 74.2 Å². The Hall–Kier alpha value is -0.940. The molecule has 0 radical (unpaired) electrons. The van der Waals surface area contributed by atoms with Crippen molar-refractivity contribution in [2.24, 2.45) is 5.73 Å². The third kappa shape index (κ3) is 1.64. The Kier molecular flexibility index (Phi) is 2.44. The van der Waals surface area contributed by atoms with Gasteiger partial charge in [-0.05, 0) is 32.1 Å². The molecule has 1 aromatic heterocycles. The summed E-state index contributed by atoms with van der Waals surface area (Å²) in [4.78, 5) is 4.47. The molecule has 0 bridgehead atoms. The van der Waals surface area contributed by atoms with Crippen LogP contribution in [0.4, 0.5) is 0 Å². The predicted molar refractivity (Wildman–Crippen MR) is 56.8 cm³/mol. The molecule has 3 rings (SSSR count). The summed E-state index contributed by atoms with van der Waals surface area (Å²) in [6.07, 6.45) is 5.05. The van der Waals surface area contributed by atoms with Gasteiger partial charge in [0, 0.05) is 19.1 Å². The van der Waals surface area contributed by atoms with Crippen molar-refractivity contribution in [2.45, 2.75) is 43.6 Å². The fourth-order valence-electron chi connectivity index (χ4n) is 2.33. The molecule has 16 heavy (non-hydrogen) atoms. The van der Waals surface area contributed by atoms with Crippen LogP contribution in [0.15, 0.2) is 4.52 Å². The van der Waals surface area contributed by atoms with Gasteiger partial charge >= 0.3 is 0 Å². The molecule has 1 aromatic rings. The molecule has 0 unspecified atom stereocenters. The van der Waals surface area contributed by atoms with Gasteiger partial charge < -0.3 is 15.0 Å². The number of nitrogens with two attached hydrogens (primary N) is 1. The van der Waals surface area contributed by atoms with Crippen LogP contribution >= 0.6 is 0 Å². The van der Waals surface area contributed by atoms with Crippen LogP contribution in [0.1, 0.15) is 49.7 Å². The summed E-state index contributed by atoms with van der Waals surface area (Å²) in [5.74, 6) is 1.82. The fourth-order valence-corrected chi connectivity index (χ4v) is 2.33. The number of aromatic nitrogens is 2. The molecule has 1 saturated carbocycles. The van der Waals surface area contributed by atoms with Crippen molar-refractivity contribution in [3.63, 3.8) is 0 Å². The first-order valence-electron chi connectivity index (χ1n) is 5.99. The van der Waals surface area contributed by atoms with E-state index in [9.17, 15) is 0 Å². The van der Waals surface area contributed by atoms with E-state index in [2.05, 4.69) is 10.1 Å². The average Bonchev–Trinajstić information content (AvgIpc) is 2.77. The van der Waals surface area contributed by atoms with Gasteiger partial charge in [-0.3, -0.25) is 0 Å². The molecule has 1 saturated heterocycles. The van der Waals surface area contributed by atoms with Gasteiger partial charge in [-0.15, -0.1) is 0 Å². The van der Waals surface area contributed by atoms with Crippen LogP contribution in [0, 0.1) is 0 Å². The molecule has 0 spiro atoms. The van der Waals surface area contributed by atoms with E-state index in [1.165, 1.54) is 0 Å². The molecule has 0 amide bonds. The number of hydrogen-bond donors (Lipinski definition) is 1. The lowest BCUT2D eigenvalue weighted by molar-refractivity contribution is 0.0830. The minimum absolute atomic E-state index is 0.337. The quantitative estimate of drug-likeness (QED) is 0.818. The Morgan fingerprint density at radius 3 is 2.62 bits per heavy atom. The summed E-state index contributed by atoms with van der Waals surface area (Å²) < 4.78 is 10.6. The van der Waals surface area contributed by atoms with Crippen LogP contribution in [-0.4, -0.2) is 23.4 Å². The van der Waals surface area contributed by atoms with Gasteiger partial charge in [-0.2, -0.15) is 4.98 Å². The van der Waals surface area contributed by atoms with E-state index in [-0.39, 0.29) is 5.54 Å². The minimum Gasteiger partial charge on any atom is -0.381 e. The summed E-state index contributed by atoms with van der Waals surface area (Å²) >= 11 is 0. The molecule has 2 fully saturated rings. The minimum atomic E-state index is -0.337. The zero-order chi connectivity index (χ0) is 11.0. The van der Waals surface area contributed by atoms with Gasteiger partial charge in [0.25, 0.3) is 0 Å². The van der Waals surface area contributed by atoms with E-state index in [0.29, 0.717) is 11.8 Å². The van der Waals surface area contributed by atoms with Crippen molar-refractivity contribution < 1.29 is 9.26 Å². The first-order valence-corrected chi connectivity index (χ1v) is 5.99. The van der Waals surface area contributed by atoms with Crippen molar-refractivity contribution in [2.75, 3.05) is 13.2 Å². The first kappa shape index (κ1) is 10.2. The van der Waals surface area contributed by atoms with Gasteiger partial charge in [-0.1, -0.05) is 5.16 Å². The molecule has 0 aromatic carbocycles. The van der Waals surface area contributed by atoms with Crippen LogP contribution in [-0.2, 0) is 10.3 Å². The highest BCUT2D eigenvalue weighted by Gasteiger charge is 2.40. The van der Waals surface area contributed by atoms with Crippen molar-refractivity contribution >= 4 is 0 Å². The zero-order valence-electron chi connectivity index (χ0n) is 9.32. The first-order chi connectivity index (χ1) is 7.78. The van der Waals surface area contributed by atoms with E-state index in [1.54, 1.807) is 0 Å². The Balaban J connectivity index is 1.76. The lowest BCUT2D eigenvalue weighted by Gasteiger charge is -2.33. The number of hydrogen-bond acceptors (Lipinski definition) is 5. The maximum atomic E-state index is 6.15. The molecular formula is C11H17N3O2. The molecule has 1 aliphatic carbocycles. The number of nitrogens with zero attached hydrogens (tertiary/aromatic N) is 2. The van der Waals surface area contributed by atoms with Crippen molar-refractivity contribution in [1.29, 1.82) is 0 Å². The highest BCUT2D eigenvalue weighted by Crippen LogP contribution is 2.38. The molecule has 5 nitrogen and oxygen atoms in total. The fraction of sp³-hybridized carbons (Fsp3) is 0.818. The molecule has 2 aliphatic rings. The van der Waals surface area contributed by atoms with E-state index in [0.717, 1.165) is 51.1 Å². The van der Waals surface area contributed by atoms with Gasteiger partial charge in [-0.25, -0.2) is 0 Å². The monoisotopic (exact) mass is 223 g/mol. The van der Waals surface area contributed by atoms with Gasteiger partial charge in [0.15, 0.2) is 5.82 Å². The van der Waals surface area contributed by atoms with Gasteiger partial charge in [0.05, 0.1) is 5.54 Å². The lowest BCUT2D eigenvalue weighted by Crippen LogP contribution is -2.43.